The van der Waals surface area contributed by atoms with Crippen LogP contribution in [-0.2, 0) is 28.5 Å². The number of esters is 2. The van der Waals surface area contributed by atoms with Crippen LogP contribution in [0.1, 0.15) is 34.1 Å². The van der Waals surface area contributed by atoms with E-state index in [1.165, 1.54) is 6.92 Å². The normalized spacial score (nSPS) is 62.8. The third-order valence-electron chi connectivity index (χ3n) is 9.15. The molecule has 12 atom stereocenters. The Bertz CT molecular complexity index is 883. The first-order chi connectivity index (χ1) is 13.8. The molecule has 2 spiro atoms. The SMILES string of the molecule is C[C@@H]1C(O)OC2[C@H](O)C34C5C[C@@H](C(C)(C)C)C36C(OC(=O)[C@@H]6O)OC4(C(=O)O5)[C@]21O. The van der Waals surface area contributed by atoms with E-state index in [-0.39, 0.29) is 6.42 Å². The van der Waals surface area contributed by atoms with Crippen molar-refractivity contribution >= 4 is 11.9 Å². The molecule has 7 unspecified atom stereocenters. The van der Waals surface area contributed by atoms with Gasteiger partial charge in [0, 0.05) is 5.92 Å². The molecule has 6 rings (SSSR count). The van der Waals surface area contributed by atoms with Crippen LogP contribution >= 0.6 is 0 Å². The van der Waals surface area contributed by atoms with Crippen LogP contribution in [0.15, 0.2) is 0 Å². The van der Waals surface area contributed by atoms with E-state index in [2.05, 4.69) is 0 Å². The maximum Gasteiger partial charge on any atom is 0.342 e. The Hall–Kier alpha value is -1.30. The molecule has 30 heavy (non-hydrogen) atoms. The van der Waals surface area contributed by atoms with Gasteiger partial charge in [-0.05, 0) is 17.8 Å². The van der Waals surface area contributed by atoms with Crippen molar-refractivity contribution in [2.45, 2.75) is 82.3 Å². The lowest BCUT2D eigenvalue weighted by atomic mass is 9.51. The second kappa shape index (κ2) is 4.87. The fraction of sp³-hybridized carbons (Fsp3) is 0.900. The van der Waals surface area contributed by atoms with Crippen LogP contribution < -0.4 is 0 Å². The average Bonchev–Trinajstić information content (AvgIpc) is 3.35. The summed E-state index contributed by atoms with van der Waals surface area (Å²) in [5.41, 5.74) is -8.01. The number of hydrogen-bond donors (Lipinski definition) is 4. The molecule has 0 aromatic rings. The van der Waals surface area contributed by atoms with Crippen LogP contribution in [0.2, 0.25) is 0 Å². The maximum atomic E-state index is 13.4. The van der Waals surface area contributed by atoms with Crippen molar-refractivity contribution < 1.29 is 49.0 Å². The van der Waals surface area contributed by atoms with Crippen molar-refractivity contribution in [2.24, 2.45) is 28.1 Å². The van der Waals surface area contributed by atoms with Crippen LogP contribution in [0.4, 0.5) is 0 Å². The first-order valence-corrected chi connectivity index (χ1v) is 10.4. The molecule has 6 fully saturated rings. The molecule has 0 aromatic carbocycles. The summed E-state index contributed by atoms with van der Waals surface area (Å²) in [4.78, 5) is 25.9. The summed E-state index contributed by atoms with van der Waals surface area (Å²) in [5, 5.41) is 45.1. The molecule has 4 N–H and O–H groups in total. The van der Waals surface area contributed by atoms with Gasteiger partial charge in [-0.1, -0.05) is 27.7 Å². The van der Waals surface area contributed by atoms with Crippen molar-refractivity contribution in [3.8, 4) is 0 Å². The van der Waals surface area contributed by atoms with Gasteiger partial charge in [-0.3, -0.25) is 0 Å². The van der Waals surface area contributed by atoms with E-state index < -0.39 is 88.2 Å². The van der Waals surface area contributed by atoms with E-state index in [0.29, 0.717) is 0 Å². The maximum absolute atomic E-state index is 13.4. The molecule has 166 valence electrons. The van der Waals surface area contributed by atoms with E-state index in [9.17, 15) is 30.0 Å². The predicted molar refractivity (Wildman–Crippen MR) is 93.0 cm³/mol. The van der Waals surface area contributed by atoms with Crippen molar-refractivity contribution in [1.82, 2.24) is 0 Å². The van der Waals surface area contributed by atoms with Gasteiger partial charge in [0.05, 0.1) is 16.9 Å². The minimum atomic E-state index is -2.15. The van der Waals surface area contributed by atoms with Crippen molar-refractivity contribution in [2.75, 3.05) is 0 Å². The van der Waals surface area contributed by atoms with Gasteiger partial charge in [0.15, 0.2) is 12.4 Å². The molecule has 6 aliphatic rings. The van der Waals surface area contributed by atoms with Gasteiger partial charge in [-0.2, -0.15) is 0 Å². The lowest BCUT2D eigenvalue weighted by Gasteiger charge is -2.47. The Morgan fingerprint density at radius 2 is 1.77 bits per heavy atom. The van der Waals surface area contributed by atoms with E-state index in [0.717, 1.165) is 0 Å². The molecule has 10 nitrogen and oxygen atoms in total. The van der Waals surface area contributed by atoms with Gasteiger partial charge < -0.3 is 39.4 Å². The van der Waals surface area contributed by atoms with Gasteiger partial charge in [-0.25, -0.2) is 9.59 Å². The van der Waals surface area contributed by atoms with Gasteiger partial charge in [-0.15, -0.1) is 0 Å². The summed E-state index contributed by atoms with van der Waals surface area (Å²) >= 11 is 0. The van der Waals surface area contributed by atoms with Gasteiger partial charge >= 0.3 is 11.9 Å². The molecule has 4 saturated heterocycles. The molecular weight excluding hydrogens is 400 g/mol. The topological polar surface area (TPSA) is 152 Å². The fourth-order valence-electron chi connectivity index (χ4n) is 8.25. The zero-order valence-corrected chi connectivity index (χ0v) is 17.1. The third kappa shape index (κ3) is 1.39. The quantitative estimate of drug-likeness (QED) is 0.334. The van der Waals surface area contributed by atoms with Crippen molar-refractivity contribution in [3.63, 3.8) is 0 Å². The molecule has 4 aliphatic heterocycles. The summed E-state index contributed by atoms with van der Waals surface area (Å²) < 4.78 is 22.8. The minimum Gasteiger partial charge on any atom is -0.459 e. The number of hydrogen-bond acceptors (Lipinski definition) is 10. The van der Waals surface area contributed by atoms with Crippen molar-refractivity contribution in [3.05, 3.63) is 0 Å². The van der Waals surface area contributed by atoms with E-state index in [4.69, 9.17) is 18.9 Å². The third-order valence-corrected chi connectivity index (χ3v) is 9.15. The highest BCUT2D eigenvalue weighted by molar-refractivity contribution is 5.91. The Morgan fingerprint density at radius 1 is 1.10 bits per heavy atom. The van der Waals surface area contributed by atoms with Crippen LogP contribution in [0, 0.1) is 28.1 Å². The lowest BCUT2D eigenvalue weighted by Crippen LogP contribution is -2.67. The summed E-state index contributed by atoms with van der Waals surface area (Å²) in [5.74, 6) is -3.26. The van der Waals surface area contributed by atoms with E-state index in [1.807, 2.05) is 20.8 Å². The number of ether oxygens (including phenoxy) is 4. The first-order valence-electron chi connectivity index (χ1n) is 10.4. The Morgan fingerprint density at radius 3 is 2.40 bits per heavy atom. The molecule has 0 bridgehead atoms. The number of rotatable bonds is 0. The standard InChI is InChI=1S/C20H26O10/c1-6-12(23)28-11-9(21)18-8-5-7(16(2,3)4)17(18)10(22)13(24)29-15(17)30-20(18,14(25)27-8)19(6,11)26/h6-12,15,21-23,26H,5H2,1-4H3/t6-,7+,8?,9+,10+,11?,12?,15?,17?,18?,19-,20?/m1/s1. The summed E-state index contributed by atoms with van der Waals surface area (Å²) in [6.45, 7) is 7.28. The molecule has 0 amide bonds. The van der Waals surface area contributed by atoms with Gasteiger partial charge in [0.1, 0.15) is 17.8 Å². The number of carbonyl (C=O) groups excluding carboxylic acids is 2. The van der Waals surface area contributed by atoms with Gasteiger partial charge in [0.25, 0.3) is 0 Å². The van der Waals surface area contributed by atoms with E-state index in [1.54, 1.807) is 0 Å². The highest BCUT2D eigenvalue weighted by Crippen LogP contribution is 2.84. The number of aliphatic hydroxyl groups is 4. The number of aliphatic hydroxyl groups excluding tert-OH is 3. The monoisotopic (exact) mass is 426 g/mol. The molecule has 0 aromatic heterocycles. The fourth-order valence-corrected chi connectivity index (χ4v) is 8.25. The predicted octanol–water partition coefficient (Wildman–Crippen LogP) is -1.58. The minimum absolute atomic E-state index is 0.251. The highest BCUT2D eigenvalue weighted by Gasteiger charge is 3.03. The molecule has 2 aliphatic carbocycles. The largest absolute Gasteiger partial charge is 0.459 e. The Kier molecular flexibility index (Phi) is 3.15. The molecule has 2 saturated carbocycles. The van der Waals surface area contributed by atoms with Crippen LogP contribution in [-0.4, -0.2) is 80.6 Å². The summed E-state index contributed by atoms with van der Waals surface area (Å²) in [6.07, 6.45) is -8.09. The Labute approximate surface area is 172 Å². The van der Waals surface area contributed by atoms with Crippen LogP contribution in [0.3, 0.4) is 0 Å². The highest BCUT2D eigenvalue weighted by atomic mass is 16.8. The summed E-state index contributed by atoms with van der Waals surface area (Å²) in [6, 6.07) is 0. The molecular formula is C20H26O10. The van der Waals surface area contributed by atoms with Crippen LogP contribution in [0.25, 0.3) is 0 Å². The second-order valence-electron chi connectivity index (χ2n) is 10.8. The average molecular weight is 426 g/mol. The summed E-state index contributed by atoms with van der Waals surface area (Å²) in [7, 11) is 0. The molecule has 4 heterocycles. The van der Waals surface area contributed by atoms with Crippen molar-refractivity contribution in [1.29, 1.82) is 0 Å². The van der Waals surface area contributed by atoms with Gasteiger partial charge in [0.2, 0.25) is 11.9 Å². The number of carbonyl (C=O) groups is 2. The zero-order valence-electron chi connectivity index (χ0n) is 17.1. The lowest BCUT2D eigenvalue weighted by molar-refractivity contribution is -0.239. The smallest absolute Gasteiger partial charge is 0.342 e. The second-order valence-corrected chi connectivity index (χ2v) is 10.8. The Balaban J connectivity index is 1.71. The van der Waals surface area contributed by atoms with Crippen LogP contribution in [0.5, 0.6) is 0 Å². The first kappa shape index (κ1) is 19.4. The number of fused-ring (bicyclic) bond motifs is 1. The molecule has 0 radical (unpaired) electrons. The van der Waals surface area contributed by atoms with E-state index >= 15 is 0 Å². The zero-order chi connectivity index (χ0) is 21.8. The molecule has 10 heteroatoms.